The van der Waals surface area contributed by atoms with E-state index in [4.69, 9.17) is 11.6 Å². The summed E-state index contributed by atoms with van der Waals surface area (Å²) in [5, 5.41) is 5.79. The lowest BCUT2D eigenvalue weighted by molar-refractivity contribution is 0.252. The van der Waals surface area contributed by atoms with Gasteiger partial charge in [-0.2, -0.15) is 0 Å². The van der Waals surface area contributed by atoms with E-state index in [0.717, 1.165) is 0 Å². The number of carbonyl (C=O) groups excluding carboxylic acids is 1. The number of anilines is 1. The Morgan fingerprint density at radius 3 is 2.70 bits per heavy atom. The van der Waals surface area contributed by atoms with Gasteiger partial charge in [-0.25, -0.2) is 17.9 Å². The number of urea groups is 1. The van der Waals surface area contributed by atoms with Crippen molar-refractivity contribution < 1.29 is 13.2 Å². The molecule has 0 bridgehead atoms. The minimum absolute atomic E-state index is 0.0513. The van der Waals surface area contributed by atoms with E-state index in [9.17, 15) is 13.2 Å². The van der Waals surface area contributed by atoms with E-state index in [2.05, 4.69) is 15.4 Å². The average Bonchev–Trinajstić information content (AvgIpc) is 2.38. The Labute approximate surface area is 123 Å². The summed E-state index contributed by atoms with van der Waals surface area (Å²) in [4.78, 5) is 11.5. The van der Waals surface area contributed by atoms with Crippen molar-refractivity contribution in [2.75, 3.05) is 24.2 Å². The first-order valence-electron chi connectivity index (χ1n) is 6.20. The second-order valence-electron chi connectivity index (χ2n) is 4.04. The standard InChI is InChI=1S/C12H18ClN3O3S/c1-2-20(18,19)15-8-4-7-14-12(17)16-11-6-3-5-10(13)9-11/h3,5-6,9,15H,2,4,7-8H2,1H3,(H2,14,16,17). The molecule has 0 saturated carbocycles. The first kappa shape index (κ1) is 16.7. The SMILES string of the molecule is CCS(=O)(=O)NCCCNC(=O)Nc1cccc(Cl)c1. The fourth-order valence-electron chi connectivity index (χ4n) is 1.36. The van der Waals surface area contributed by atoms with Crippen LogP contribution in [0.2, 0.25) is 5.02 Å². The van der Waals surface area contributed by atoms with Crippen molar-refractivity contribution in [3.63, 3.8) is 0 Å². The summed E-state index contributed by atoms with van der Waals surface area (Å²) < 4.78 is 24.7. The summed E-state index contributed by atoms with van der Waals surface area (Å²) in [7, 11) is -3.17. The van der Waals surface area contributed by atoms with Crippen LogP contribution in [-0.4, -0.2) is 33.3 Å². The lowest BCUT2D eigenvalue weighted by Gasteiger charge is -2.08. The molecule has 112 valence electrons. The maximum absolute atomic E-state index is 11.5. The zero-order chi connectivity index (χ0) is 15.0. The minimum Gasteiger partial charge on any atom is -0.338 e. The number of rotatable bonds is 7. The van der Waals surface area contributed by atoms with E-state index in [1.807, 2.05) is 0 Å². The Morgan fingerprint density at radius 2 is 2.05 bits per heavy atom. The lowest BCUT2D eigenvalue weighted by Crippen LogP contribution is -2.32. The number of carbonyl (C=O) groups is 1. The highest BCUT2D eigenvalue weighted by Crippen LogP contribution is 2.14. The molecule has 0 atom stereocenters. The maximum Gasteiger partial charge on any atom is 0.319 e. The largest absolute Gasteiger partial charge is 0.338 e. The van der Waals surface area contributed by atoms with E-state index in [-0.39, 0.29) is 11.8 Å². The van der Waals surface area contributed by atoms with Crippen LogP contribution in [0.5, 0.6) is 0 Å². The van der Waals surface area contributed by atoms with Gasteiger partial charge in [0, 0.05) is 23.8 Å². The average molecular weight is 320 g/mol. The third-order valence-electron chi connectivity index (χ3n) is 2.42. The number of sulfonamides is 1. The zero-order valence-corrected chi connectivity index (χ0v) is 12.7. The van der Waals surface area contributed by atoms with E-state index in [1.165, 1.54) is 0 Å². The number of amides is 2. The van der Waals surface area contributed by atoms with Crippen LogP contribution >= 0.6 is 11.6 Å². The van der Waals surface area contributed by atoms with Crippen LogP contribution in [-0.2, 0) is 10.0 Å². The van der Waals surface area contributed by atoms with E-state index in [0.29, 0.717) is 30.2 Å². The molecule has 0 spiro atoms. The molecule has 0 saturated heterocycles. The van der Waals surface area contributed by atoms with Gasteiger partial charge in [-0.05, 0) is 31.5 Å². The monoisotopic (exact) mass is 319 g/mol. The molecule has 6 nitrogen and oxygen atoms in total. The van der Waals surface area contributed by atoms with Gasteiger partial charge in [-0.3, -0.25) is 0 Å². The maximum atomic E-state index is 11.5. The Bertz CT molecular complexity index is 549. The molecular formula is C12H18ClN3O3S. The number of halogens is 1. The molecule has 0 aliphatic heterocycles. The van der Waals surface area contributed by atoms with Gasteiger partial charge in [-0.1, -0.05) is 17.7 Å². The van der Waals surface area contributed by atoms with Crippen molar-refractivity contribution >= 4 is 33.3 Å². The van der Waals surface area contributed by atoms with Crippen molar-refractivity contribution in [2.24, 2.45) is 0 Å². The molecule has 8 heteroatoms. The van der Waals surface area contributed by atoms with Gasteiger partial charge >= 0.3 is 6.03 Å². The van der Waals surface area contributed by atoms with Crippen LogP contribution < -0.4 is 15.4 Å². The molecule has 20 heavy (non-hydrogen) atoms. The van der Waals surface area contributed by atoms with E-state index in [1.54, 1.807) is 31.2 Å². The zero-order valence-electron chi connectivity index (χ0n) is 11.1. The van der Waals surface area contributed by atoms with E-state index >= 15 is 0 Å². The number of hydrogen-bond donors (Lipinski definition) is 3. The molecule has 0 unspecified atom stereocenters. The fourth-order valence-corrected chi connectivity index (χ4v) is 2.21. The summed E-state index contributed by atoms with van der Waals surface area (Å²) in [5.41, 5.74) is 0.599. The topological polar surface area (TPSA) is 87.3 Å². The highest BCUT2D eigenvalue weighted by atomic mass is 35.5. The molecule has 0 aliphatic rings. The third-order valence-corrected chi connectivity index (χ3v) is 4.06. The first-order valence-corrected chi connectivity index (χ1v) is 8.24. The molecule has 1 aromatic carbocycles. The Kier molecular flexibility index (Phi) is 6.77. The van der Waals surface area contributed by atoms with Crippen LogP contribution in [0.1, 0.15) is 13.3 Å². The number of benzene rings is 1. The molecule has 0 heterocycles. The van der Waals surface area contributed by atoms with Gasteiger partial charge in [0.2, 0.25) is 10.0 Å². The normalized spacial score (nSPS) is 11.1. The minimum atomic E-state index is -3.17. The predicted octanol–water partition coefficient (Wildman–Crippen LogP) is 1.79. The summed E-state index contributed by atoms with van der Waals surface area (Å²) in [6.45, 7) is 2.24. The van der Waals surface area contributed by atoms with Crippen molar-refractivity contribution in [1.29, 1.82) is 0 Å². The van der Waals surface area contributed by atoms with Gasteiger partial charge < -0.3 is 10.6 Å². The highest BCUT2D eigenvalue weighted by molar-refractivity contribution is 7.89. The Morgan fingerprint density at radius 1 is 1.30 bits per heavy atom. The van der Waals surface area contributed by atoms with Gasteiger partial charge in [0.1, 0.15) is 0 Å². The summed E-state index contributed by atoms with van der Waals surface area (Å²) >= 11 is 5.79. The molecule has 1 rings (SSSR count). The molecule has 0 aromatic heterocycles. The molecule has 0 aliphatic carbocycles. The molecule has 2 amide bonds. The van der Waals surface area contributed by atoms with Gasteiger partial charge in [-0.15, -0.1) is 0 Å². The molecule has 0 radical (unpaired) electrons. The second-order valence-corrected chi connectivity index (χ2v) is 6.57. The molecular weight excluding hydrogens is 302 g/mol. The van der Waals surface area contributed by atoms with E-state index < -0.39 is 10.0 Å². The van der Waals surface area contributed by atoms with Crippen LogP contribution in [0.15, 0.2) is 24.3 Å². The summed E-state index contributed by atoms with van der Waals surface area (Å²) in [6.07, 6.45) is 0.516. The Balaban J connectivity index is 2.21. The Hall–Kier alpha value is -1.31. The van der Waals surface area contributed by atoms with Crippen molar-refractivity contribution in [3.8, 4) is 0 Å². The first-order chi connectivity index (χ1) is 9.43. The molecule has 0 fully saturated rings. The van der Waals surface area contributed by atoms with Gasteiger partial charge in [0.15, 0.2) is 0 Å². The molecule has 1 aromatic rings. The number of nitrogens with one attached hydrogen (secondary N) is 3. The summed E-state index contributed by atoms with van der Waals surface area (Å²) in [5.74, 6) is 0.0513. The van der Waals surface area contributed by atoms with Crippen molar-refractivity contribution in [1.82, 2.24) is 10.0 Å². The van der Waals surface area contributed by atoms with Crippen LogP contribution in [0.25, 0.3) is 0 Å². The van der Waals surface area contributed by atoms with Crippen LogP contribution in [0.3, 0.4) is 0 Å². The van der Waals surface area contributed by atoms with Crippen LogP contribution in [0.4, 0.5) is 10.5 Å². The second kappa shape index (κ2) is 8.08. The summed E-state index contributed by atoms with van der Waals surface area (Å²) in [6, 6.07) is 6.45. The van der Waals surface area contributed by atoms with Gasteiger partial charge in [0.05, 0.1) is 5.75 Å². The highest BCUT2D eigenvalue weighted by Gasteiger charge is 2.05. The van der Waals surface area contributed by atoms with Gasteiger partial charge in [0.25, 0.3) is 0 Å². The quantitative estimate of drug-likeness (QED) is 0.670. The molecule has 3 N–H and O–H groups in total. The fraction of sp³-hybridized carbons (Fsp3) is 0.417. The van der Waals surface area contributed by atoms with Crippen LogP contribution in [0, 0.1) is 0 Å². The lowest BCUT2D eigenvalue weighted by atomic mass is 10.3. The van der Waals surface area contributed by atoms with Crippen molar-refractivity contribution in [2.45, 2.75) is 13.3 Å². The third kappa shape index (κ3) is 6.74. The smallest absolute Gasteiger partial charge is 0.319 e. The predicted molar refractivity (Wildman–Crippen MR) is 80.6 cm³/mol. The number of hydrogen-bond acceptors (Lipinski definition) is 3. The van der Waals surface area contributed by atoms with Crippen molar-refractivity contribution in [3.05, 3.63) is 29.3 Å².